The summed E-state index contributed by atoms with van der Waals surface area (Å²) in [5.41, 5.74) is -6.14. The molecule has 20 N–H and O–H groups in total. The van der Waals surface area contributed by atoms with Crippen LogP contribution < -0.4 is 45.0 Å². The van der Waals surface area contributed by atoms with Crippen LogP contribution in [0.2, 0.25) is 0 Å². The van der Waals surface area contributed by atoms with Gasteiger partial charge >= 0.3 is 54.0 Å². The van der Waals surface area contributed by atoms with E-state index in [9.17, 15) is 97.5 Å². The smallest absolute Gasteiger partial charge is 0.387 e. The van der Waals surface area contributed by atoms with E-state index in [0.717, 1.165) is 36.9 Å². The quantitative estimate of drug-likeness (QED) is 0.0463. The van der Waals surface area contributed by atoms with Crippen molar-refractivity contribution in [3.05, 3.63) is 130 Å². The first kappa shape index (κ1) is 77.4. The van der Waals surface area contributed by atoms with Gasteiger partial charge in [0, 0.05) is 53.0 Å². The molecule has 4 saturated heterocycles. The van der Waals surface area contributed by atoms with Crippen molar-refractivity contribution in [3.8, 4) is 0 Å². The maximum absolute atomic E-state index is 12.2. The van der Waals surface area contributed by atoms with E-state index >= 15 is 0 Å². The molecule has 20 atom stereocenters. The largest absolute Gasteiger partial charge is 0.469 e. The number of nitrogens with zero attached hydrogens (tertiary/aromatic N) is 4. The number of aliphatic hydroxyl groups is 8. The van der Waals surface area contributed by atoms with Crippen LogP contribution in [0.15, 0.2) is 63.1 Å². The Hall–Kier alpha value is -5.32. The zero-order valence-electron chi connectivity index (χ0n) is 48.8. The van der Waals surface area contributed by atoms with E-state index in [1.807, 2.05) is 9.97 Å². The molecule has 44 nitrogen and oxygen atoms in total. The fraction of sp³-hybridized carbons (Fsp3) is 0.636. The highest BCUT2D eigenvalue weighted by molar-refractivity contribution is 7.47. The predicted octanol–water partition coefficient (Wildman–Crippen LogP) is -9.07. The van der Waals surface area contributed by atoms with Gasteiger partial charge in [-0.25, -0.2) is 37.4 Å². The van der Waals surface area contributed by atoms with Crippen molar-refractivity contribution in [2.45, 2.75) is 150 Å². The fourth-order valence-electron chi connectivity index (χ4n) is 9.74. The molecule has 4 unspecified atom stereocenters. The lowest BCUT2D eigenvalue weighted by molar-refractivity contribution is -0.0574. The monoisotopic (exact) mass is 1410 g/mol. The molecule has 4 aromatic heterocycles. The fourth-order valence-corrected chi connectivity index (χ4v) is 12.0. The molecule has 4 aromatic rings. The second kappa shape index (κ2) is 30.2. The van der Waals surface area contributed by atoms with Crippen molar-refractivity contribution < 1.29 is 135 Å². The third-order valence-corrected chi connectivity index (χ3v) is 16.6. The van der Waals surface area contributed by atoms with Gasteiger partial charge in [0.1, 0.15) is 97.7 Å². The van der Waals surface area contributed by atoms with Crippen molar-refractivity contribution in [1.82, 2.24) is 38.2 Å². The molecular formula is C44H68N8O36P4. The number of aliphatic hydroxyl groups excluding tert-OH is 8. The van der Waals surface area contributed by atoms with Crippen LogP contribution in [0.1, 0.15) is 74.4 Å². The van der Waals surface area contributed by atoms with Crippen molar-refractivity contribution in [2.75, 3.05) is 0 Å². The lowest BCUT2D eigenvalue weighted by Crippen LogP contribution is -2.40. The highest BCUT2D eigenvalue weighted by Gasteiger charge is 2.52. The van der Waals surface area contributed by atoms with E-state index in [1.54, 1.807) is 0 Å². The second-order valence-corrected chi connectivity index (χ2v) is 25.7. The number of hydrogen-bond donors (Lipinski definition) is 20. The molecule has 92 heavy (non-hydrogen) atoms. The zero-order chi connectivity index (χ0) is 70.1. The van der Waals surface area contributed by atoms with Crippen molar-refractivity contribution in [3.63, 3.8) is 0 Å². The maximum atomic E-state index is 12.2. The lowest BCUT2D eigenvalue weighted by atomic mass is 10.0. The molecule has 0 spiro atoms. The summed E-state index contributed by atoms with van der Waals surface area (Å²) in [5, 5.41) is 80.1. The van der Waals surface area contributed by atoms with Gasteiger partial charge in [0.15, 0.2) is 0 Å². The van der Waals surface area contributed by atoms with Gasteiger partial charge < -0.3 is 118 Å². The highest BCUT2D eigenvalue weighted by atomic mass is 31.2. The van der Waals surface area contributed by atoms with Crippen molar-refractivity contribution in [1.29, 1.82) is 0 Å². The van der Waals surface area contributed by atoms with Crippen molar-refractivity contribution >= 4 is 31.3 Å². The predicted molar refractivity (Wildman–Crippen MR) is 298 cm³/mol. The van der Waals surface area contributed by atoms with Crippen LogP contribution in [0, 0.1) is 0 Å². The maximum Gasteiger partial charge on any atom is 0.469 e. The Labute approximate surface area is 512 Å². The SMILES string of the molecule is CC(OP(=O)(O)O)[C@H]1O[C@@H](c2c[nH]c(=O)[nH]c2=O)[C@H](O)[C@@H]1O.CC(OP(=O)(O)O)[C@H]1O[C@@H](c2c[nH]c(=O)n(C)c2=O)[C@H](O)[C@@H]1O.CC(OP(=O)(O)O)[C@H]1O[C@@H](c2cn(C)c(=O)[nH]c2=O)[C@H](O)[C@@H]1O.CC(OP(=O)(O)O)[C@H]1O[C@@H](c2cn(C)c(=O)n(C)c2=O)[C@H](O)[C@@H]1O. The molecule has 8 rings (SSSR count). The molecule has 0 saturated carbocycles. The molecular weight excluding hydrogens is 1340 g/mol. The molecule has 520 valence electrons. The standard InChI is InChI=1S/C12H19N2O9P.2C11H17N2O9P.C10H15N2O9P/c1-5(23-24(19,20)21)9-7(15)8(16)10(22-9)6-4-13(2)12(18)14(3)11(6)17;1-4(22-23(18,19)20)8-6(14)7(15)9(21-8)5-3-13(2)11(17)12-10(5)16;1-4(22-23(18,19)20)8-6(14)7(15)9(21-8)5-3-12-11(17)13(2)10(5)16;1-3(21-22(17,18)19)7-5(13)6(14)8(20-7)4-2-11-10(16)12-9(4)15/h4-5,7-10,15-16H,1-3H3,(H2,19,20,21);3-4,6-9,14-15H,1-2H3,(H,12,16,17)(H2,18,19,20);3-4,6-9,14-15H,1-2H3,(H,12,17)(H2,18,19,20);2-3,5-8,13-14H,1H3,(H2,17,18,19)(H2,11,12,15,16)/t5?,7-,8+,9+,10-;2*4?,6-,7+,8+,9-;3?,5-,6+,7+,8-/m0000/s1. The summed E-state index contributed by atoms with van der Waals surface area (Å²) in [5.74, 6) is 0. The third kappa shape index (κ3) is 19.0. The van der Waals surface area contributed by atoms with E-state index in [0.29, 0.717) is 0 Å². The van der Waals surface area contributed by atoms with Crippen LogP contribution in [0.4, 0.5) is 0 Å². The highest BCUT2D eigenvalue weighted by Crippen LogP contribution is 2.46. The zero-order valence-corrected chi connectivity index (χ0v) is 52.3. The van der Waals surface area contributed by atoms with Gasteiger partial charge in [-0.2, -0.15) is 0 Å². The number of ether oxygens (including phenoxy) is 4. The van der Waals surface area contributed by atoms with E-state index in [1.165, 1.54) is 62.1 Å². The number of aryl methyl sites for hydroxylation is 2. The molecule has 48 heteroatoms. The topological polar surface area (TPSA) is 685 Å². The van der Waals surface area contributed by atoms with E-state index in [4.69, 9.17) is 58.1 Å². The summed E-state index contributed by atoms with van der Waals surface area (Å²) < 4.78 is 86.3. The molecule has 0 radical (unpaired) electrons. The Morgan fingerprint density at radius 2 is 0.707 bits per heavy atom. The number of hydrogen-bond acceptors (Lipinski definition) is 28. The van der Waals surface area contributed by atoms with Crippen LogP contribution in [0.5, 0.6) is 0 Å². The molecule has 4 aliphatic rings. The minimum Gasteiger partial charge on any atom is -0.387 e. The summed E-state index contributed by atoms with van der Waals surface area (Å²) in [6.45, 7) is 4.97. The average Bonchev–Trinajstić information content (AvgIpc) is 1.63. The first-order valence-electron chi connectivity index (χ1n) is 26.3. The summed E-state index contributed by atoms with van der Waals surface area (Å²) >= 11 is 0. The Kier molecular flexibility index (Phi) is 25.4. The molecule has 4 aliphatic heterocycles. The molecule has 0 aliphatic carbocycles. The molecule has 8 heterocycles. The van der Waals surface area contributed by atoms with Crippen LogP contribution in [-0.2, 0) is 83.5 Å². The number of rotatable bonds is 16. The summed E-state index contributed by atoms with van der Waals surface area (Å²) in [4.78, 5) is 172. The van der Waals surface area contributed by atoms with Gasteiger partial charge in [0.25, 0.3) is 22.2 Å². The molecule has 0 amide bonds. The van der Waals surface area contributed by atoms with Crippen molar-refractivity contribution in [2.24, 2.45) is 28.2 Å². The minimum atomic E-state index is -4.83. The summed E-state index contributed by atoms with van der Waals surface area (Å²) in [7, 11) is -14.0. The average molecular weight is 1410 g/mol. The molecule has 0 aromatic carbocycles. The number of aromatic amines is 4. The third-order valence-electron chi connectivity index (χ3n) is 14.2. The van der Waals surface area contributed by atoms with E-state index in [2.05, 4.69) is 28.1 Å². The number of nitrogens with one attached hydrogen (secondary N) is 4. The van der Waals surface area contributed by atoms with Gasteiger partial charge in [-0.15, -0.1) is 0 Å². The first-order valence-corrected chi connectivity index (χ1v) is 32.4. The van der Waals surface area contributed by atoms with Gasteiger partial charge in [-0.1, -0.05) is 0 Å². The Morgan fingerprint density at radius 1 is 0.402 bits per heavy atom. The Balaban J connectivity index is 0.000000223. The number of aromatic nitrogens is 8. The van der Waals surface area contributed by atoms with Gasteiger partial charge in [-0.05, 0) is 27.7 Å². The second-order valence-electron chi connectivity index (χ2n) is 21.0. The number of H-pyrrole nitrogens is 4. The van der Waals surface area contributed by atoms with Crippen LogP contribution in [0.3, 0.4) is 0 Å². The number of phosphoric ester groups is 4. The van der Waals surface area contributed by atoms with Gasteiger partial charge in [-0.3, -0.25) is 56.4 Å². The number of phosphoric acid groups is 4. The first-order chi connectivity index (χ1) is 42.1. The normalized spacial score (nSPS) is 29.7. The van der Waals surface area contributed by atoms with Crippen LogP contribution in [0.25, 0.3) is 0 Å². The van der Waals surface area contributed by atoms with Gasteiger partial charge in [0.2, 0.25) is 0 Å². The van der Waals surface area contributed by atoms with Gasteiger partial charge in [0.05, 0.1) is 46.7 Å². The van der Waals surface area contributed by atoms with Crippen LogP contribution in [-0.4, -0.2) is 216 Å². The van der Waals surface area contributed by atoms with E-state index < -0.39 is 198 Å². The van der Waals surface area contributed by atoms with E-state index in [-0.39, 0.29) is 22.3 Å². The lowest BCUT2D eigenvalue weighted by Gasteiger charge is -2.22. The summed E-state index contributed by atoms with van der Waals surface area (Å²) in [6, 6.07) is 0. The molecule has 4 fully saturated rings. The minimum absolute atomic E-state index is 0.0722. The Morgan fingerprint density at radius 3 is 1.07 bits per heavy atom. The Bertz CT molecular complexity index is 3900. The van der Waals surface area contributed by atoms with Crippen LogP contribution >= 0.6 is 31.3 Å². The summed E-state index contributed by atoms with van der Waals surface area (Å²) in [6.07, 6.45) is -23.2. The molecule has 0 bridgehead atoms.